The number of nitrogens with zero attached hydrogens (tertiary/aromatic N) is 1. The Balaban J connectivity index is 1.70. The quantitative estimate of drug-likeness (QED) is 0.759. The molecule has 2 aromatic rings. The minimum Gasteiger partial charge on any atom is -0.497 e. The maximum absolute atomic E-state index is 13.1. The Morgan fingerprint density at radius 3 is 2.50 bits per heavy atom. The highest BCUT2D eigenvalue weighted by Gasteiger charge is 2.32. The van der Waals surface area contributed by atoms with E-state index in [0.717, 1.165) is 0 Å². The van der Waals surface area contributed by atoms with Crippen molar-refractivity contribution >= 4 is 21.6 Å². The van der Waals surface area contributed by atoms with Gasteiger partial charge in [0.1, 0.15) is 22.2 Å². The number of hydrogen-bond acceptors (Lipinski definition) is 5. The van der Waals surface area contributed by atoms with Crippen LogP contribution in [0.4, 0.5) is 10.1 Å². The number of ether oxygens (including phenoxy) is 2. The lowest BCUT2D eigenvalue weighted by atomic mass is 10.1. The molecular formula is C19H21FN2O5S. The summed E-state index contributed by atoms with van der Waals surface area (Å²) in [7, 11) is -1.03. The van der Waals surface area contributed by atoms with Crippen LogP contribution in [0.15, 0.2) is 47.4 Å². The van der Waals surface area contributed by atoms with Gasteiger partial charge in [-0.15, -0.1) is 0 Å². The molecule has 28 heavy (non-hydrogen) atoms. The van der Waals surface area contributed by atoms with Crippen LogP contribution in [-0.2, 0) is 14.8 Å². The number of methoxy groups -OCH3 is 2. The van der Waals surface area contributed by atoms with Crippen LogP contribution in [0.5, 0.6) is 11.5 Å². The number of amides is 1. The summed E-state index contributed by atoms with van der Waals surface area (Å²) in [5.41, 5.74) is 0.589. The molecule has 1 amide bonds. The van der Waals surface area contributed by atoms with Gasteiger partial charge < -0.3 is 14.4 Å². The van der Waals surface area contributed by atoms with Crippen LogP contribution in [0, 0.1) is 11.7 Å². The Kier molecular flexibility index (Phi) is 5.85. The van der Waals surface area contributed by atoms with E-state index in [9.17, 15) is 17.6 Å². The first kappa shape index (κ1) is 20.1. The molecule has 1 aliphatic rings. The maximum atomic E-state index is 13.1. The van der Waals surface area contributed by atoms with Crippen LogP contribution in [0.3, 0.4) is 0 Å². The van der Waals surface area contributed by atoms with Crippen LogP contribution >= 0.6 is 0 Å². The second-order valence-corrected chi connectivity index (χ2v) is 8.15. The molecule has 1 aliphatic heterocycles. The number of halogens is 1. The molecular weight excluding hydrogens is 387 g/mol. The van der Waals surface area contributed by atoms with Crippen LogP contribution in [0.25, 0.3) is 0 Å². The topological polar surface area (TPSA) is 84.9 Å². The molecule has 1 heterocycles. The van der Waals surface area contributed by atoms with Crippen molar-refractivity contribution in [1.29, 1.82) is 0 Å². The molecule has 0 aromatic heterocycles. The Morgan fingerprint density at radius 2 is 1.86 bits per heavy atom. The molecule has 1 fully saturated rings. The summed E-state index contributed by atoms with van der Waals surface area (Å²) >= 11 is 0. The van der Waals surface area contributed by atoms with E-state index in [-0.39, 0.29) is 41.3 Å². The first-order valence-corrected chi connectivity index (χ1v) is 10.1. The molecule has 7 nitrogen and oxygen atoms in total. The van der Waals surface area contributed by atoms with E-state index >= 15 is 0 Å². The number of nitrogens with one attached hydrogen (secondary N) is 1. The Morgan fingerprint density at radius 1 is 1.14 bits per heavy atom. The van der Waals surface area contributed by atoms with Gasteiger partial charge in [0, 0.05) is 31.3 Å². The molecule has 0 bridgehead atoms. The lowest BCUT2D eigenvalue weighted by Gasteiger charge is -2.17. The predicted octanol–water partition coefficient (Wildman–Crippen LogP) is 2.17. The summed E-state index contributed by atoms with van der Waals surface area (Å²) in [6, 6.07) is 10.1. The van der Waals surface area contributed by atoms with Gasteiger partial charge in [0.25, 0.3) is 0 Å². The average Bonchev–Trinajstić information content (AvgIpc) is 3.07. The number of carbonyl (C=O) groups is 1. The lowest BCUT2D eigenvalue weighted by molar-refractivity contribution is -0.117. The van der Waals surface area contributed by atoms with E-state index in [2.05, 4.69) is 4.72 Å². The van der Waals surface area contributed by atoms with E-state index in [1.54, 1.807) is 6.07 Å². The molecule has 0 saturated carbocycles. The van der Waals surface area contributed by atoms with Crippen molar-refractivity contribution in [3.05, 3.63) is 48.3 Å². The van der Waals surface area contributed by atoms with E-state index in [1.807, 2.05) is 0 Å². The van der Waals surface area contributed by atoms with Gasteiger partial charge >= 0.3 is 0 Å². The highest BCUT2D eigenvalue weighted by molar-refractivity contribution is 7.89. The highest BCUT2D eigenvalue weighted by atomic mass is 32.2. The molecule has 1 saturated heterocycles. The van der Waals surface area contributed by atoms with Gasteiger partial charge in [-0.3, -0.25) is 4.79 Å². The number of sulfonamides is 1. The monoisotopic (exact) mass is 408 g/mol. The summed E-state index contributed by atoms with van der Waals surface area (Å²) in [5.74, 6) is -0.130. The summed E-state index contributed by atoms with van der Waals surface area (Å²) < 4.78 is 51.3. The minimum absolute atomic E-state index is 0.0333. The van der Waals surface area contributed by atoms with E-state index < -0.39 is 10.0 Å². The molecule has 0 spiro atoms. The fourth-order valence-corrected chi connectivity index (χ4v) is 4.39. The van der Waals surface area contributed by atoms with Crippen LogP contribution < -0.4 is 19.1 Å². The van der Waals surface area contributed by atoms with Crippen molar-refractivity contribution in [1.82, 2.24) is 4.72 Å². The normalized spacial score (nSPS) is 17.0. The Labute approximate surface area is 163 Å². The molecule has 1 atom stereocenters. The van der Waals surface area contributed by atoms with Gasteiger partial charge in [0.2, 0.25) is 15.9 Å². The first-order chi connectivity index (χ1) is 13.3. The number of rotatable bonds is 7. The molecule has 0 aliphatic carbocycles. The Bertz CT molecular complexity index is 963. The fraction of sp³-hybridized carbons (Fsp3) is 0.316. The van der Waals surface area contributed by atoms with E-state index in [0.29, 0.717) is 18.0 Å². The molecule has 9 heteroatoms. The summed E-state index contributed by atoms with van der Waals surface area (Å²) in [6.45, 7) is 0.439. The SMILES string of the molecule is COc1ccc(OC)c(S(=O)(=O)NCC2CC(=O)N(c3ccc(F)cc3)C2)c1. The zero-order valence-electron chi connectivity index (χ0n) is 15.5. The zero-order chi connectivity index (χ0) is 20.3. The van der Waals surface area contributed by atoms with Gasteiger partial charge in [0.05, 0.1) is 14.2 Å². The van der Waals surface area contributed by atoms with Crippen molar-refractivity contribution in [3.63, 3.8) is 0 Å². The molecule has 1 N–H and O–H groups in total. The third-order valence-electron chi connectivity index (χ3n) is 4.57. The predicted molar refractivity (Wildman–Crippen MR) is 102 cm³/mol. The third-order valence-corrected chi connectivity index (χ3v) is 6.01. The van der Waals surface area contributed by atoms with Gasteiger partial charge in [0.15, 0.2) is 0 Å². The maximum Gasteiger partial charge on any atom is 0.244 e. The van der Waals surface area contributed by atoms with Gasteiger partial charge in [-0.25, -0.2) is 17.5 Å². The number of benzene rings is 2. The summed E-state index contributed by atoms with van der Waals surface area (Å²) in [4.78, 5) is 13.8. The van der Waals surface area contributed by atoms with Crippen molar-refractivity contribution < 1.29 is 27.1 Å². The largest absolute Gasteiger partial charge is 0.497 e. The Hall–Kier alpha value is -2.65. The third kappa shape index (κ3) is 4.26. The van der Waals surface area contributed by atoms with Crippen molar-refractivity contribution in [2.45, 2.75) is 11.3 Å². The summed E-state index contributed by atoms with van der Waals surface area (Å²) in [5, 5.41) is 0. The smallest absolute Gasteiger partial charge is 0.244 e. The second kappa shape index (κ2) is 8.15. The standard InChI is InChI=1S/C19H21FN2O5S/c1-26-16-7-8-17(27-2)18(10-16)28(24,25)21-11-13-9-19(23)22(12-13)15-5-3-14(20)4-6-15/h3-8,10,13,21H,9,11-12H2,1-2H3. The number of carbonyl (C=O) groups excluding carboxylic acids is 1. The molecule has 3 rings (SSSR count). The zero-order valence-corrected chi connectivity index (χ0v) is 16.3. The average molecular weight is 408 g/mol. The van der Waals surface area contributed by atoms with E-state index in [1.165, 1.54) is 55.5 Å². The van der Waals surface area contributed by atoms with Crippen molar-refractivity contribution in [2.24, 2.45) is 5.92 Å². The van der Waals surface area contributed by atoms with Crippen LogP contribution in [0.1, 0.15) is 6.42 Å². The minimum atomic E-state index is -3.86. The fourth-order valence-electron chi connectivity index (χ4n) is 3.09. The summed E-state index contributed by atoms with van der Waals surface area (Å²) in [6.07, 6.45) is 0.204. The van der Waals surface area contributed by atoms with Crippen LogP contribution in [0.2, 0.25) is 0 Å². The lowest BCUT2D eigenvalue weighted by Crippen LogP contribution is -2.31. The molecule has 150 valence electrons. The molecule has 0 radical (unpaired) electrons. The highest BCUT2D eigenvalue weighted by Crippen LogP contribution is 2.29. The van der Waals surface area contributed by atoms with Gasteiger partial charge in [-0.05, 0) is 42.3 Å². The van der Waals surface area contributed by atoms with Crippen LogP contribution in [-0.4, -0.2) is 41.6 Å². The molecule has 2 aromatic carbocycles. The molecule has 1 unspecified atom stereocenters. The number of hydrogen-bond donors (Lipinski definition) is 1. The van der Waals surface area contributed by atoms with E-state index in [4.69, 9.17) is 9.47 Å². The van der Waals surface area contributed by atoms with Crippen molar-refractivity contribution in [3.8, 4) is 11.5 Å². The van der Waals surface area contributed by atoms with Gasteiger partial charge in [-0.2, -0.15) is 0 Å². The second-order valence-electron chi connectivity index (χ2n) is 6.42. The van der Waals surface area contributed by atoms with Crippen molar-refractivity contribution in [2.75, 3.05) is 32.2 Å². The first-order valence-electron chi connectivity index (χ1n) is 8.61. The van der Waals surface area contributed by atoms with Gasteiger partial charge in [-0.1, -0.05) is 0 Å². The number of anilines is 1.